The number of nitrogens with zero attached hydrogens (tertiary/aromatic N) is 1. The van der Waals surface area contributed by atoms with Gasteiger partial charge in [0.05, 0.1) is 5.69 Å². The highest BCUT2D eigenvalue weighted by atomic mass is 16.3. The Morgan fingerprint density at radius 1 is 1.41 bits per heavy atom. The van der Waals surface area contributed by atoms with Crippen LogP contribution in [0.1, 0.15) is 22.8 Å². The van der Waals surface area contributed by atoms with E-state index in [2.05, 4.69) is 4.98 Å². The molecule has 1 unspecified atom stereocenters. The highest BCUT2D eigenvalue weighted by molar-refractivity contribution is 5.57. The maximum atomic E-state index is 12.2. The molecule has 2 aromatic rings. The van der Waals surface area contributed by atoms with E-state index in [-0.39, 0.29) is 11.4 Å². The van der Waals surface area contributed by atoms with Gasteiger partial charge in [-0.15, -0.1) is 0 Å². The molecule has 1 aromatic carbocycles. The lowest BCUT2D eigenvalue weighted by Crippen LogP contribution is -2.02. The first kappa shape index (κ1) is 11.4. The number of rotatable bonds is 2. The lowest BCUT2D eigenvalue weighted by Gasteiger charge is -2.13. The first-order valence-corrected chi connectivity index (χ1v) is 5.24. The van der Waals surface area contributed by atoms with E-state index in [9.17, 15) is 10.2 Å². The van der Waals surface area contributed by atoms with Crippen molar-refractivity contribution in [2.45, 2.75) is 13.0 Å². The third-order valence-corrected chi connectivity index (χ3v) is 2.68. The van der Waals surface area contributed by atoms with Gasteiger partial charge in [-0.05, 0) is 36.2 Å². The zero-order chi connectivity index (χ0) is 12.4. The summed E-state index contributed by atoms with van der Waals surface area (Å²) in [4.78, 5) is 3.91. The molecule has 0 bridgehead atoms. The van der Waals surface area contributed by atoms with Crippen LogP contribution in [0.5, 0.6) is 5.75 Å². The van der Waals surface area contributed by atoms with Crippen molar-refractivity contribution < 1.29 is 10.2 Å². The Labute approximate surface area is 99.4 Å². The summed E-state index contributed by atoms with van der Waals surface area (Å²) in [5, 5.41) is 21.8. The third-order valence-electron chi connectivity index (χ3n) is 2.68. The molecule has 0 fully saturated rings. The molecule has 0 aliphatic rings. The number of aromatic nitrogens is 1. The average molecular weight is 229 g/mol. The Morgan fingerprint density at radius 3 is 2.82 bits per heavy atom. The van der Waals surface area contributed by atoms with Crippen LogP contribution in [0.25, 0.3) is 0 Å². The normalized spacial score (nSPS) is 12.4. The Balaban J connectivity index is 2.44. The van der Waals surface area contributed by atoms with Gasteiger partial charge in [-0.1, -0.05) is 6.07 Å². The Hall–Kier alpha value is -2.07. The van der Waals surface area contributed by atoms with Gasteiger partial charge in [0, 0.05) is 18.0 Å². The fourth-order valence-electron chi connectivity index (χ4n) is 1.73. The molecule has 2 rings (SSSR count). The van der Waals surface area contributed by atoms with Gasteiger partial charge in [0.15, 0.2) is 0 Å². The van der Waals surface area contributed by atoms with Crippen molar-refractivity contribution in [3.05, 3.63) is 53.3 Å². The van der Waals surface area contributed by atoms with Gasteiger partial charge in [0.25, 0.3) is 0 Å². The number of hydrogen-bond acceptors (Lipinski definition) is 3. The van der Waals surface area contributed by atoms with E-state index < -0.39 is 6.10 Å². The van der Waals surface area contributed by atoms with Crippen LogP contribution in [0.2, 0.25) is 0 Å². The van der Waals surface area contributed by atoms with Crippen LogP contribution in [0.4, 0.5) is 5.69 Å². The average Bonchev–Trinajstić information content (AvgIpc) is 2.34. The first-order valence-electron chi connectivity index (χ1n) is 5.24. The minimum Gasteiger partial charge on any atom is -0.506 e. The summed E-state index contributed by atoms with van der Waals surface area (Å²) in [5.41, 5.74) is 7.70. The van der Waals surface area contributed by atoms with E-state index in [0.717, 1.165) is 5.56 Å². The molecule has 1 heterocycles. The summed E-state index contributed by atoms with van der Waals surface area (Å²) in [5.74, 6) is -0.0599. The lowest BCUT2D eigenvalue weighted by atomic mass is 9.98. The van der Waals surface area contributed by atoms with Gasteiger partial charge in [-0.25, -0.2) is 5.11 Å². The first-order chi connectivity index (χ1) is 8.09. The summed E-state index contributed by atoms with van der Waals surface area (Å²) < 4.78 is 0. The number of aryl methyl sites for hydroxylation is 1. The maximum absolute atomic E-state index is 12.2. The molecule has 4 heteroatoms. The van der Waals surface area contributed by atoms with Gasteiger partial charge in [0.1, 0.15) is 11.9 Å². The molecular weight excluding hydrogens is 216 g/mol. The minimum atomic E-state index is -1.06. The third kappa shape index (κ3) is 2.21. The van der Waals surface area contributed by atoms with Crippen LogP contribution < -0.4 is 5.73 Å². The van der Waals surface area contributed by atoms with Crippen LogP contribution >= 0.6 is 0 Å². The number of hydrogen-bond donors (Lipinski definition) is 2. The highest BCUT2D eigenvalue weighted by Gasteiger charge is 2.16. The molecule has 1 aromatic heterocycles. The van der Waals surface area contributed by atoms with Crippen LogP contribution in [0.3, 0.4) is 0 Å². The molecule has 0 aliphatic carbocycles. The van der Waals surface area contributed by atoms with Crippen molar-refractivity contribution in [2.24, 2.45) is 0 Å². The summed E-state index contributed by atoms with van der Waals surface area (Å²) in [6, 6.07) is 6.46. The van der Waals surface area contributed by atoms with Crippen molar-refractivity contribution in [1.82, 2.24) is 4.98 Å². The molecule has 4 nitrogen and oxygen atoms in total. The van der Waals surface area contributed by atoms with Crippen molar-refractivity contribution in [2.75, 3.05) is 5.73 Å². The predicted molar refractivity (Wildman–Crippen MR) is 64.0 cm³/mol. The number of phenols is 1. The fraction of sp³-hybridized carbons (Fsp3) is 0.154. The van der Waals surface area contributed by atoms with Gasteiger partial charge >= 0.3 is 0 Å². The van der Waals surface area contributed by atoms with Crippen LogP contribution in [0.15, 0.2) is 36.7 Å². The summed E-state index contributed by atoms with van der Waals surface area (Å²) in [7, 11) is 0. The molecule has 0 saturated heterocycles. The number of anilines is 1. The second kappa shape index (κ2) is 4.43. The highest BCUT2D eigenvalue weighted by Crippen LogP contribution is 2.31. The van der Waals surface area contributed by atoms with Crippen LogP contribution in [-0.4, -0.2) is 10.1 Å². The van der Waals surface area contributed by atoms with E-state index in [4.69, 9.17) is 5.73 Å². The van der Waals surface area contributed by atoms with Crippen molar-refractivity contribution >= 4 is 5.69 Å². The number of phenolic OH excluding ortho intramolecular Hbond substituents is 1. The van der Waals surface area contributed by atoms with E-state index in [0.29, 0.717) is 11.1 Å². The van der Waals surface area contributed by atoms with E-state index in [1.165, 1.54) is 12.3 Å². The Morgan fingerprint density at radius 2 is 2.18 bits per heavy atom. The molecule has 3 N–H and O–H groups in total. The second-order valence-corrected chi connectivity index (χ2v) is 3.93. The quantitative estimate of drug-likeness (QED) is 0.612. The largest absolute Gasteiger partial charge is 0.506 e. The second-order valence-electron chi connectivity index (χ2n) is 3.93. The van der Waals surface area contributed by atoms with Gasteiger partial charge < -0.3 is 10.8 Å². The monoisotopic (exact) mass is 229 g/mol. The zero-order valence-corrected chi connectivity index (χ0v) is 9.42. The SMILES string of the molecule is Cc1cc(N)c(O)cc1C([O])c1cccnc1. The number of pyridine rings is 1. The number of nitrogens with two attached hydrogens (primary N) is 1. The van der Waals surface area contributed by atoms with E-state index >= 15 is 0 Å². The molecule has 0 spiro atoms. The molecule has 0 aliphatic heterocycles. The Kier molecular flexibility index (Phi) is 2.97. The summed E-state index contributed by atoms with van der Waals surface area (Å²) in [6.07, 6.45) is 2.09. The zero-order valence-electron chi connectivity index (χ0n) is 9.42. The lowest BCUT2D eigenvalue weighted by molar-refractivity contribution is 0.123. The van der Waals surface area contributed by atoms with Gasteiger partial charge in [-0.2, -0.15) is 0 Å². The topological polar surface area (TPSA) is 79.0 Å². The molecular formula is C13H13N2O2. The molecule has 17 heavy (non-hydrogen) atoms. The molecule has 0 amide bonds. The summed E-state index contributed by atoms with van der Waals surface area (Å²) >= 11 is 0. The van der Waals surface area contributed by atoms with Gasteiger partial charge in [0.2, 0.25) is 0 Å². The molecule has 87 valence electrons. The van der Waals surface area contributed by atoms with Crippen molar-refractivity contribution in [3.8, 4) is 5.75 Å². The maximum Gasteiger partial charge on any atom is 0.145 e. The molecule has 1 atom stereocenters. The standard InChI is InChI=1S/C13H13N2O2/c1-8-5-11(14)12(16)6-10(8)13(17)9-3-2-4-15-7-9/h2-7,13,16H,14H2,1H3. The number of aromatic hydroxyl groups is 1. The molecule has 0 saturated carbocycles. The smallest absolute Gasteiger partial charge is 0.145 e. The predicted octanol–water partition coefficient (Wildman–Crippen LogP) is 2.20. The van der Waals surface area contributed by atoms with Crippen LogP contribution in [0, 0.1) is 6.92 Å². The van der Waals surface area contributed by atoms with E-state index in [1.807, 2.05) is 0 Å². The minimum absolute atomic E-state index is 0.0599. The fourth-order valence-corrected chi connectivity index (χ4v) is 1.73. The van der Waals surface area contributed by atoms with E-state index in [1.54, 1.807) is 31.3 Å². The molecule has 1 radical (unpaired) electrons. The Bertz CT molecular complexity index is 526. The van der Waals surface area contributed by atoms with Gasteiger partial charge in [-0.3, -0.25) is 4.98 Å². The number of benzene rings is 1. The summed E-state index contributed by atoms with van der Waals surface area (Å²) in [6.45, 7) is 1.80. The number of nitrogen functional groups attached to an aromatic ring is 1. The van der Waals surface area contributed by atoms with Crippen LogP contribution in [-0.2, 0) is 5.11 Å². The van der Waals surface area contributed by atoms with Crippen molar-refractivity contribution in [3.63, 3.8) is 0 Å². The van der Waals surface area contributed by atoms with Crippen molar-refractivity contribution in [1.29, 1.82) is 0 Å².